The molecule has 0 saturated heterocycles. The van der Waals surface area contributed by atoms with Gasteiger partial charge in [0, 0.05) is 11.8 Å². The third kappa shape index (κ3) is 2.15. The van der Waals surface area contributed by atoms with Crippen molar-refractivity contribution in [3.63, 3.8) is 0 Å². The van der Waals surface area contributed by atoms with E-state index in [4.69, 9.17) is 0 Å². The summed E-state index contributed by atoms with van der Waals surface area (Å²) in [6.45, 7) is 2.04. The van der Waals surface area contributed by atoms with Crippen LogP contribution in [0.15, 0.2) is 11.8 Å². The van der Waals surface area contributed by atoms with Crippen molar-refractivity contribution in [1.29, 1.82) is 0 Å². The largest absolute Gasteiger partial charge is 0.363 e. The van der Waals surface area contributed by atoms with Crippen molar-refractivity contribution >= 4 is 18.5 Å². The SMILES string of the molecule is CCCC1=CNC(S)NC1=O. The van der Waals surface area contributed by atoms with Crippen molar-refractivity contribution in [1.82, 2.24) is 10.6 Å². The molecule has 11 heavy (non-hydrogen) atoms. The number of nitrogens with one attached hydrogen (secondary N) is 2. The van der Waals surface area contributed by atoms with Gasteiger partial charge in [-0.1, -0.05) is 13.3 Å². The summed E-state index contributed by atoms with van der Waals surface area (Å²) in [5.41, 5.74) is 0.570. The lowest BCUT2D eigenvalue weighted by atomic mass is 10.1. The Morgan fingerprint density at radius 1 is 1.73 bits per heavy atom. The summed E-state index contributed by atoms with van der Waals surface area (Å²) in [6.07, 6.45) is 3.54. The number of thiol groups is 1. The van der Waals surface area contributed by atoms with E-state index in [-0.39, 0.29) is 11.4 Å². The Morgan fingerprint density at radius 3 is 3.00 bits per heavy atom. The van der Waals surface area contributed by atoms with E-state index in [0.29, 0.717) is 0 Å². The Morgan fingerprint density at radius 2 is 2.45 bits per heavy atom. The quantitative estimate of drug-likeness (QED) is 0.534. The molecule has 0 radical (unpaired) electrons. The molecule has 0 aromatic heterocycles. The molecule has 1 rings (SSSR count). The van der Waals surface area contributed by atoms with Gasteiger partial charge in [-0.25, -0.2) is 0 Å². The van der Waals surface area contributed by atoms with Crippen LogP contribution in [0.25, 0.3) is 0 Å². The number of rotatable bonds is 2. The molecule has 1 aliphatic rings. The van der Waals surface area contributed by atoms with E-state index < -0.39 is 0 Å². The summed E-state index contributed by atoms with van der Waals surface area (Å²) in [5, 5.41) is 5.58. The highest BCUT2D eigenvalue weighted by atomic mass is 32.1. The predicted molar refractivity (Wildman–Crippen MR) is 47.0 cm³/mol. The summed E-state index contributed by atoms with van der Waals surface area (Å²) < 4.78 is 0. The van der Waals surface area contributed by atoms with E-state index in [0.717, 1.165) is 18.4 Å². The zero-order valence-corrected chi connectivity index (χ0v) is 7.32. The average Bonchev–Trinajstić information content (AvgIpc) is 1.95. The van der Waals surface area contributed by atoms with E-state index >= 15 is 0 Å². The zero-order chi connectivity index (χ0) is 8.27. The van der Waals surface area contributed by atoms with Gasteiger partial charge < -0.3 is 10.6 Å². The Bertz CT molecular complexity index is 191. The second kappa shape index (κ2) is 3.67. The summed E-state index contributed by atoms with van der Waals surface area (Å²) in [4.78, 5) is 11.1. The molecule has 0 saturated carbocycles. The summed E-state index contributed by atoms with van der Waals surface area (Å²) in [5.74, 6) is -0.00870. The maximum Gasteiger partial charge on any atom is 0.250 e. The van der Waals surface area contributed by atoms with E-state index in [9.17, 15) is 4.79 Å². The van der Waals surface area contributed by atoms with E-state index in [1.54, 1.807) is 6.20 Å². The molecule has 0 spiro atoms. The number of amides is 1. The molecule has 62 valence electrons. The fraction of sp³-hybridized carbons (Fsp3) is 0.571. The number of hydrogen-bond donors (Lipinski definition) is 3. The van der Waals surface area contributed by atoms with Gasteiger partial charge in [-0.05, 0) is 6.42 Å². The minimum absolute atomic E-state index is 0.00870. The lowest BCUT2D eigenvalue weighted by Gasteiger charge is -2.20. The van der Waals surface area contributed by atoms with Crippen LogP contribution in [0.4, 0.5) is 0 Å². The number of hydrogen-bond acceptors (Lipinski definition) is 3. The minimum atomic E-state index is -0.233. The van der Waals surface area contributed by atoms with Gasteiger partial charge in [0.1, 0.15) is 5.50 Å². The molecule has 1 aliphatic heterocycles. The highest BCUT2D eigenvalue weighted by Gasteiger charge is 2.15. The monoisotopic (exact) mass is 172 g/mol. The molecule has 0 aromatic rings. The van der Waals surface area contributed by atoms with Gasteiger partial charge in [0.25, 0.3) is 5.91 Å². The van der Waals surface area contributed by atoms with Crippen molar-refractivity contribution in [3.05, 3.63) is 11.8 Å². The van der Waals surface area contributed by atoms with Gasteiger partial charge in [-0.2, -0.15) is 0 Å². The second-order valence-corrected chi connectivity index (χ2v) is 2.98. The van der Waals surface area contributed by atoms with Gasteiger partial charge in [-0.3, -0.25) is 4.79 Å². The molecular formula is C7H12N2OS. The number of carbonyl (C=O) groups excluding carboxylic acids is 1. The van der Waals surface area contributed by atoms with Crippen LogP contribution >= 0.6 is 12.6 Å². The maximum absolute atomic E-state index is 11.1. The van der Waals surface area contributed by atoms with Crippen molar-refractivity contribution in [2.45, 2.75) is 25.3 Å². The highest BCUT2D eigenvalue weighted by Crippen LogP contribution is 2.07. The normalized spacial score (nSPS) is 23.6. The maximum atomic E-state index is 11.1. The standard InChI is InChI=1S/C7H12N2OS/c1-2-3-5-4-8-7(11)9-6(5)10/h4,7-8,11H,2-3H2,1H3,(H,9,10). The highest BCUT2D eigenvalue weighted by molar-refractivity contribution is 7.80. The summed E-state index contributed by atoms with van der Waals surface area (Å²) >= 11 is 4.04. The van der Waals surface area contributed by atoms with Crippen LogP contribution in [0.5, 0.6) is 0 Å². The fourth-order valence-electron chi connectivity index (χ4n) is 0.959. The smallest absolute Gasteiger partial charge is 0.250 e. The molecular weight excluding hydrogens is 160 g/mol. The van der Waals surface area contributed by atoms with Crippen LogP contribution in [-0.4, -0.2) is 11.4 Å². The van der Waals surface area contributed by atoms with Crippen LogP contribution in [0.2, 0.25) is 0 Å². The van der Waals surface area contributed by atoms with Gasteiger partial charge in [0.2, 0.25) is 0 Å². The molecule has 1 amide bonds. The van der Waals surface area contributed by atoms with Gasteiger partial charge in [0.05, 0.1) is 0 Å². The van der Waals surface area contributed by atoms with Gasteiger partial charge >= 0.3 is 0 Å². The molecule has 1 heterocycles. The molecule has 3 nitrogen and oxygen atoms in total. The molecule has 1 atom stereocenters. The zero-order valence-electron chi connectivity index (χ0n) is 6.42. The third-order valence-electron chi connectivity index (χ3n) is 1.49. The molecule has 1 unspecified atom stereocenters. The van der Waals surface area contributed by atoms with Crippen LogP contribution in [0.3, 0.4) is 0 Å². The molecule has 0 fully saturated rings. The summed E-state index contributed by atoms with van der Waals surface area (Å²) in [6, 6.07) is 0. The van der Waals surface area contributed by atoms with Crippen LogP contribution in [-0.2, 0) is 4.79 Å². The molecule has 0 aliphatic carbocycles. The summed E-state index contributed by atoms with van der Waals surface area (Å²) in [7, 11) is 0. The topological polar surface area (TPSA) is 41.1 Å². The average molecular weight is 172 g/mol. The molecule has 2 N–H and O–H groups in total. The second-order valence-electron chi connectivity index (χ2n) is 2.46. The van der Waals surface area contributed by atoms with Gasteiger partial charge in [-0.15, -0.1) is 12.6 Å². The van der Waals surface area contributed by atoms with Crippen molar-refractivity contribution < 1.29 is 4.79 Å². The molecule has 0 aromatic carbocycles. The lowest BCUT2D eigenvalue weighted by molar-refractivity contribution is -0.118. The van der Waals surface area contributed by atoms with Gasteiger partial charge in [0.15, 0.2) is 0 Å². The van der Waals surface area contributed by atoms with Crippen molar-refractivity contribution in [3.8, 4) is 0 Å². The van der Waals surface area contributed by atoms with Crippen LogP contribution in [0.1, 0.15) is 19.8 Å². The predicted octanol–water partition coefficient (Wildman–Crippen LogP) is 0.603. The first-order valence-corrected chi connectivity index (χ1v) is 4.19. The van der Waals surface area contributed by atoms with E-state index in [2.05, 4.69) is 23.3 Å². The molecule has 4 heteroatoms. The first kappa shape index (κ1) is 8.46. The van der Waals surface area contributed by atoms with Crippen molar-refractivity contribution in [2.75, 3.05) is 0 Å². The Kier molecular flexibility index (Phi) is 2.82. The molecule has 0 bridgehead atoms. The minimum Gasteiger partial charge on any atom is -0.363 e. The van der Waals surface area contributed by atoms with E-state index in [1.807, 2.05) is 6.92 Å². The van der Waals surface area contributed by atoms with Crippen molar-refractivity contribution in [2.24, 2.45) is 0 Å². The van der Waals surface area contributed by atoms with Crippen LogP contribution < -0.4 is 10.6 Å². The van der Waals surface area contributed by atoms with Crippen LogP contribution in [0, 0.1) is 0 Å². The Hall–Kier alpha value is -0.640. The third-order valence-corrected chi connectivity index (χ3v) is 1.77. The lowest BCUT2D eigenvalue weighted by Crippen LogP contribution is -2.44. The Labute approximate surface area is 71.6 Å². The Balaban J connectivity index is 2.57. The fourth-order valence-corrected chi connectivity index (χ4v) is 1.15. The number of carbonyl (C=O) groups is 1. The van der Waals surface area contributed by atoms with E-state index in [1.165, 1.54) is 0 Å². The first-order valence-electron chi connectivity index (χ1n) is 3.68. The first-order chi connectivity index (χ1) is 5.24.